The Morgan fingerprint density at radius 3 is 2.80 bits per heavy atom. The standard InChI is InChI=1S/C16H24O4/c1-3-11-6-10-4-9(2)5-12(7-10)16(11)19-13-8-18-15(17)14(13)20-16/h9-14H,3-8H2,1-2H3. The molecule has 4 nitrogen and oxygen atoms in total. The van der Waals surface area contributed by atoms with Crippen LogP contribution in [0, 0.1) is 23.7 Å². The van der Waals surface area contributed by atoms with Crippen molar-refractivity contribution in [1.29, 1.82) is 0 Å². The van der Waals surface area contributed by atoms with Gasteiger partial charge in [0.05, 0.1) is 0 Å². The molecule has 4 heteroatoms. The molecule has 0 aromatic heterocycles. The second-order valence-electron chi connectivity index (χ2n) is 7.26. The van der Waals surface area contributed by atoms with Gasteiger partial charge in [-0.05, 0) is 43.9 Å². The molecule has 0 aromatic rings. The van der Waals surface area contributed by atoms with Crippen LogP contribution < -0.4 is 0 Å². The van der Waals surface area contributed by atoms with Crippen molar-refractivity contribution >= 4 is 5.97 Å². The highest BCUT2D eigenvalue weighted by Gasteiger charge is 2.63. The maximum atomic E-state index is 11.8. The molecule has 0 radical (unpaired) electrons. The van der Waals surface area contributed by atoms with Gasteiger partial charge in [-0.1, -0.05) is 13.8 Å². The number of fused-ring (bicyclic) bond motifs is 4. The second kappa shape index (κ2) is 4.44. The minimum absolute atomic E-state index is 0.176. The minimum atomic E-state index is -0.505. The highest BCUT2D eigenvalue weighted by molar-refractivity contribution is 5.78. The van der Waals surface area contributed by atoms with E-state index in [4.69, 9.17) is 14.2 Å². The van der Waals surface area contributed by atoms with Crippen molar-refractivity contribution in [1.82, 2.24) is 0 Å². The van der Waals surface area contributed by atoms with Gasteiger partial charge >= 0.3 is 5.97 Å². The molecular formula is C16H24O4. The summed E-state index contributed by atoms with van der Waals surface area (Å²) in [6, 6.07) is 0. The molecule has 4 aliphatic rings. The van der Waals surface area contributed by atoms with Crippen molar-refractivity contribution in [3.05, 3.63) is 0 Å². The van der Waals surface area contributed by atoms with E-state index in [-0.39, 0.29) is 12.1 Å². The molecule has 4 rings (SSSR count). The van der Waals surface area contributed by atoms with E-state index in [2.05, 4.69) is 13.8 Å². The molecule has 7 unspecified atom stereocenters. The Kier molecular flexibility index (Phi) is 2.90. The molecule has 0 amide bonds. The molecule has 2 aliphatic carbocycles. The Bertz CT molecular complexity index is 421. The molecular weight excluding hydrogens is 256 g/mol. The van der Waals surface area contributed by atoms with Gasteiger partial charge in [-0.2, -0.15) is 0 Å². The minimum Gasteiger partial charge on any atom is -0.461 e. The Labute approximate surface area is 120 Å². The average Bonchev–Trinajstić information content (AvgIpc) is 2.95. The third-order valence-corrected chi connectivity index (χ3v) is 5.90. The van der Waals surface area contributed by atoms with Crippen LogP contribution in [-0.2, 0) is 19.0 Å². The van der Waals surface area contributed by atoms with E-state index in [9.17, 15) is 4.79 Å². The van der Waals surface area contributed by atoms with Gasteiger partial charge in [0, 0.05) is 11.8 Å². The lowest BCUT2D eigenvalue weighted by Crippen LogP contribution is -2.54. The third-order valence-electron chi connectivity index (χ3n) is 5.90. The Hall–Kier alpha value is -0.610. The summed E-state index contributed by atoms with van der Waals surface area (Å²) in [6.45, 7) is 4.92. The van der Waals surface area contributed by atoms with E-state index in [1.807, 2.05) is 0 Å². The number of cyclic esters (lactones) is 1. The first-order chi connectivity index (χ1) is 9.62. The predicted octanol–water partition coefficient (Wildman–Crippen LogP) is 2.51. The van der Waals surface area contributed by atoms with Crippen molar-refractivity contribution in [2.45, 2.75) is 63.9 Å². The van der Waals surface area contributed by atoms with Crippen molar-refractivity contribution in [3.8, 4) is 0 Å². The lowest BCUT2D eigenvalue weighted by Gasteiger charge is -2.52. The number of esters is 1. The van der Waals surface area contributed by atoms with Gasteiger partial charge in [0.25, 0.3) is 0 Å². The van der Waals surface area contributed by atoms with E-state index in [1.165, 1.54) is 25.7 Å². The maximum absolute atomic E-state index is 11.8. The topological polar surface area (TPSA) is 44.8 Å². The monoisotopic (exact) mass is 280 g/mol. The fraction of sp³-hybridized carbons (Fsp3) is 0.938. The highest BCUT2D eigenvalue weighted by atomic mass is 16.8. The van der Waals surface area contributed by atoms with Crippen LogP contribution in [0.5, 0.6) is 0 Å². The first kappa shape index (κ1) is 13.1. The molecule has 2 bridgehead atoms. The fourth-order valence-electron chi connectivity index (χ4n) is 5.17. The van der Waals surface area contributed by atoms with Crippen LogP contribution in [0.25, 0.3) is 0 Å². The molecule has 4 fully saturated rings. The number of hydrogen-bond donors (Lipinski definition) is 0. The highest BCUT2D eigenvalue weighted by Crippen LogP contribution is 2.56. The Balaban J connectivity index is 1.66. The summed E-state index contributed by atoms with van der Waals surface area (Å²) in [5.74, 6) is 1.71. The zero-order chi connectivity index (χ0) is 13.9. The van der Waals surface area contributed by atoms with Crippen LogP contribution in [0.2, 0.25) is 0 Å². The van der Waals surface area contributed by atoms with Crippen LogP contribution >= 0.6 is 0 Å². The molecule has 2 aliphatic heterocycles. The summed E-state index contributed by atoms with van der Waals surface area (Å²) in [7, 11) is 0. The summed E-state index contributed by atoms with van der Waals surface area (Å²) in [4.78, 5) is 11.8. The molecule has 2 heterocycles. The molecule has 2 saturated carbocycles. The van der Waals surface area contributed by atoms with Gasteiger partial charge in [-0.25, -0.2) is 4.79 Å². The zero-order valence-corrected chi connectivity index (χ0v) is 12.3. The van der Waals surface area contributed by atoms with E-state index in [0.717, 1.165) is 18.3 Å². The van der Waals surface area contributed by atoms with E-state index < -0.39 is 11.9 Å². The smallest absolute Gasteiger partial charge is 0.338 e. The van der Waals surface area contributed by atoms with Crippen LogP contribution in [-0.4, -0.2) is 30.6 Å². The number of ether oxygens (including phenoxy) is 3. The van der Waals surface area contributed by atoms with Crippen molar-refractivity contribution in [2.24, 2.45) is 23.7 Å². The second-order valence-corrected chi connectivity index (χ2v) is 7.26. The van der Waals surface area contributed by atoms with Gasteiger partial charge in [0.2, 0.25) is 0 Å². The molecule has 0 N–H and O–H groups in total. The van der Waals surface area contributed by atoms with Crippen LogP contribution in [0.3, 0.4) is 0 Å². The average molecular weight is 280 g/mol. The first-order valence-corrected chi connectivity index (χ1v) is 8.14. The third kappa shape index (κ3) is 1.70. The predicted molar refractivity (Wildman–Crippen MR) is 71.8 cm³/mol. The van der Waals surface area contributed by atoms with Gasteiger partial charge in [0.15, 0.2) is 11.9 Å². The normalized spacial score (nSPS) is 54.0. The molecule has 20 heavy (non-hydrogen) atoms. The van der Waals surface area contributed by atoms with E-state index >= 15 is 0 Å². The number of rotatable bonds is 1. The summed E-state index contributed by atoms with van der Waals surface area (Å²) < 4.78 is 17.7. The lowest BCUT2D eigenvalue weighted by molar-refractivity contribution is -0.281. The molecule has 112 valence electrons. The summed E-state index contributed by atoms with van der Waals surface area (Å²) >= 11 is 0. The molecule has 0 aromatic carbocycles. The van der Waals surface area contributed by atoms with Crippen molar-refractivity contribution < 1.29 is 19.0 Å². The fourth-order valence-corrected chi connectivity index (χ4v) is 5.17. The maximum Gasteiger partial charge on any atom is 0.338 e. The number of carbonyl (C=O) groups excluding carboxylic acids is 1. The van der Waals surface area contributed by atoms with Gasteiger partial charge in [0.1, 0.15) is 12.7 Å². The van der Waals surface area contributed by atoms with Crippen LogP contribution in [0.1, 0.15) is 46.0 Å². The zero-order valence-electron chi connectivity index (χ0n) is 12.3. The summed E-state index contributed by atoms with van der Waals surface area (Å²) in [6.07, 6.45) is 5.32. The molecule has 2 saturated heterocycles. The molecule has 1 spiro atoms. The number of hydrogen-bond acceptors (Lipinski definition) is 4. The largest absolute Gasteiger partial charge is 0.461 e. The summed E-state index contributed by atoms with van der Waals surface area (Å²) in [5.41, 5.74) is 0. The number of carbonyl (C=O) groups is 1. The Morgan fingerprint density at radius 2 is 2.05 bits per heavy atom. The van der Waals surface area contributed by atoms with E-state index in [0.29, 0.717) is 18.4 Å². The van der Waals surface area contributed by atoms with E-state index in [1.54, 1.807) is 0 Å². The van der Waals surface area contributed by atoms with Crippen molar-refractivity contribution in [2.75, 3.05) is 6.61 Å². The molecule has 7 atom stereocenters. The summed E-state index contributed by atoms with van der Waals surface area (Å²) in [5, 5.41) is 0. The van der Waals surface area contributed by atoms with Crippen LogP contribution in [0.4, 0.5) is 0 Å². The van der Waals surface area contributed by atoms with Gasteiger partial charge in [-0.3, -0.25) is 0 Å². The van der Waals surface area contributed by atoms with Gasteiger partial charge in [-0.15, -0.1) is 0 Å². The van der Waals surface area contributed by atoms with Gasteiger partial charge < -0.3 is 14.2 Å². The quantitative estimate of drug-likeness (QED) is 0.692. The van der Waals surface area contributed by atoms with Crippen LogP contribution in [0.15, 0.2) is 0 Å². The SMILES string of the molecule is CCC1CC2CC(C)CC(C2)C12OC1COC(=O)C1O2. The first-order valence-electron chi connectivity index (χ1n) is 8.14. The Morgan fingerprint density at radius 1 is 1.20 bits per heavy atom. The van der Waals surface area contributed by atoms with Crippen molar-refractivity contribution in [3.63, 3.8) is 0 Å². The lowest BCUT2D eigenvalue weighted by atomic mass is 9.61.